The van der Waals surface area contributed by atoms with Gasteiger partial charge in [-0.05, 0) is 79.1 Å². The Morgan fingerprint density at radius 2 is 0.938 bits per heavy atom. The molecule has 5 rings (SSSR count). The number of fused-ring (bicyclic) bond motifs is 4. The number of hydrogen-bond donors (Lipinski definition) is 2. The lowest BCUT2D eigenvalue weighted by molar-refractivity contribution is 0.0272. The number of ether oxygens (including phenoxy) is 6. The summed E-state index contributed by atoms with van der Waals surface area (Å²) in [4.78, 5) is 26.7. The Morgan fingerprint density at radius 3 is 1.40 bits per heavy atom. The molecular formula is C38H40N2O8. The molecule has 0 spiro atoms. The monoisotopic (exact) mass is 652 g/mol. The molecule has 0 aliphatic carbocycles. The Balaban J connectivity index is 1.34. The lowest BCUT2D eigenvalue weighted by Gasteiger charge is -2.17. The van der Waals surface area contributed by atoms with E-state index in [0.717, 1.165) is 11.1 Å². The summed E-state index contributed by atoms with van der Waals surface area (Å²) >= 11 is 0. The van der Waals surface area contributed by atoms with Crippen molar-refractivity contribution in [1.29, 1.82) is 0 Å². The number of aryl methyl sites for hydroxylation is 2. The Morgan fingerprint density at radius 1 is 0.521 bits per heavy atom. The van der Waals surface area contributed by atoms with Crippen LogP contribution in [0.15, 0.2) is 97.1 Å². The third-order valence-electron chi connectivity index (χ3n) is 7.24. The van der Waals surface area contributed by atoms with E-state index in [1.807, 2.05) is 50.2 Å². The van der Waals surface area contributed by atoms with Crippen LogP contribution in [0.2, 0.25) is 0 Å². The number of nitrogens with one attached hydrogen (secondary N) is 2. The van der Waals surface area contributed by atoms with E-state index < -0.39 is 0 Å². The highest BCUT2D eigenvalue weighted by molar-refractivity contribution is 6.07. The average Bonchev–Trinajstić information content (AvgIpc) is 3.09. The summed E-state index contributed by atoms with van der Waals surface area (Å²) in [6, 6.07) is 25.1. The van der Waals surface area contributed by atoms with E-state index in [1.54, 1.807) is 48.5 Å². The summed E-state index contributed by atoms with van der Waals surface area (Å²) in [6.45, 7) is 10.1. The number of para-hydroxylation sites is 2. The van der Waals surface area contributed by atoms with Crippen LogP contribution >= 0.6 is 0 Å². The number of anilines is 2. The minimum atomic E-state index is -0.341. The summed E-state index contributed by atoms with van der Waals surface area (Å²) < 4.78 is 35.3. The Hall–Kier alpha value is -5.32. The molecule has 0 bridgehead atoms. The largest absolute Gasteiger partial charge is 0.490 e. The SMILES string of the molecule is C=C1COc2cc(C)ccc2NC(=O)c2ccccc2OCCOCCOCCOc2ccccc2C(=O)Nc2ccc(C)cc2OC1. The molecule has 10 heteroatoms. The molecule has 10 nitrogen and oxygen atoms in total. The van der Waals surface area contributed by atoms with E-state index in [4.69, 9.17) is 28.4 Å². The summed E-state index contributed by atoms with van der Waals surface area (Å²) in [5.74, 6) is 1.17. The zero-order valence-corrected chi connectivity index (χ0v) is 27.2. The Kier molecular flexibility index (Phi) is 12.1. The summed E-state index contributed by atoms with van der Waals surface area (Å²) in [5.41, 5.74) is 4.33. The fourth-order valence-corrected chi connectivity index (χ4v) is 4.79. The van der Waals surface area contributed by atoms with Gasteiger partial charge in [0, 0.05) is 0 Å². The fraction of sp³-hybridized carbons (Fsp3) is 0.263. The zero-order valence-electron chi connectivity index (χ0n) is 27.2. The highest BCUT2D eigenvalue weighted by Gasteiger charge is 2.17. The second-order valence-corrected chi connectivity index (χ2v) is 11.1. The predicted octanol–water partition coefficient (Wildman–Crippen LogP) is 6.63. The first-order valence-corrected chi connectivity index (χ1v) is 15.7. The van der Waals surface area contributed by atoms with Crippen molar-refractivity contribution in [1.82, 2.24) is 0 Å². The molecule has 0 unspecified atom stereocenters. The van der Waals surface area contributed by atoms with E-state index in [1.165, 1.54) is 0 Å². The van der Waals surface area contributed by atoms with E-state index >= 15 is 0 Å². The van der Waals surface area contributed by atoms with E-state index in [9.17, 15) is 9.59 Å². The average molecular weight is 653 g/mol. The second-order valence-electron chi connectivity index (χ2n) is 11.1. The summed E-state index contributed by atoms with van der Waals surface area (Å²) in [5, 5.41) is 5.91. The number of benzene rings is 4. The highest BCUT2D eigenvalue weighted by atomic mass is 16.6. The molecule has 250 valence electrons. The number of amides is 2. The number of carbonyl (C=O) groups is 2. The van der Waals surface area contributed by atoms with E-state index in [0.29, 0.717) is 77.5 Å². The van der Waals surface area contributed by atoms with Crippen LogP contribution in [-0.4, -0.2) is 64.7 Å². The molecule has 0 saturated carbocycles. The number of rotatable bonds is 0. The highest BCUT2D eigenvalue weighted by Crippen LogP contribution is 2.30. The minimum absolute atomic E-state index is 0.133. The normalized spacial score (nSPS) is 15.6. The van der Waals surface area contributed by atoms with Crippen LogP contribution in [0.3, 0.4) is 0 Å². The second kappa shape index (κ2) is 17.0. The van der Waals surface area contributed by atoms with Gasteiger partial charge in [-0.15, -0.1) is 0 Å². The molecule has 0 atom stereocenters. The van der Waals surface area contributed by atoms with Crippen LogP contribution in [0.1, 0.15) is 31.8 Å². The van der Waals surface area contributed by atoms with Crippen LogP contribution in [0.5, 0.6) is 23.0 Å². The summed E-state index contributed by atoms with van der Waals surface area (Å²) in [7, 11) is 0. The molecular weight excluding hydrogens is 612 g/mol. The molecule has 0 saturated heterocycles. The van der Waals surface area contributed by atoms with Crippen molar-refractivity contribution >= 4 is 23.2 Å². The molecule has 1 heterocycles. The van der Waals surface area contributed by atoms with Gasteiger partial charge in [0.25, 0.3) is 11.8 Å². The molecule has 1 aliphatic rings. The topological polar surface area (TPSA) is 114 Å². The van der Waals surface area contributed by atoms with Crippen molar-refractivity contribution in [2.45, 2.75) is 13.8 Å². The van der Waals surface area contributed by atoms with Crippen LogP contribution in [0, 0.1) is 13.8 Å². The van der Waals surface area contributed by atoms with Gasteiger partial charge in [0.05, 0.1) is 48.9 Å². The van der Waals surface area contributed by atoms with Gasteiger partial charge >= 0.3 is 0 Å². The smallest absolute Gasteiger partial charge is 0.259 e. The van der Waals surface area contributed by atoms with Gasteiger partial charge < -0.3 is 39.1 Å². The maximum atomic E-state index is 13.4. The molecule has 1 aliphatic heterocycles. The van der Waals surface area contributed by atoms with Gasteiger partial charge in [-0.2, -0.15) is 0 Å². The van der Waals surface area contributed by atoms with Crippen LogP contribution in [-0.2, 0) is 9.47 Å². The molecule has 2 N–H and O–H groups in total. The first-order chi connectivity index (χ1) is 23.4. The first kappa shape index (κ1) is 34.0. The van der Waals surface area contributed by atoms with Crippen LogP contribution < -0.4 is 29.6 Å². The minimum Gasteiger partial charge on any atom is -0.490 e. The zero-order chi connectivity index (χ0) is 33.7. The first-order valence-electron chi connectivity index (χ1n) is 15.7. The lowest BCUT2D eigenvalue weighted by Crippen LogP contribution is -2.17. The van der Waals surface area contributed by atoms with Crippen molar-refractivity contribution < 1.29 is 38.0 Å². The maximum Gasteiger partial charge on any atom is 0.259 e. The summed E-state index contributed by atoms with van der Waals surface area (Å²) in [6.07, 6.45) is 0. The van der Waals surface area contributed by atoms with Gasteiger partial charge in [-0.25, -0.2) is 0 Å². The van der Waals surface area contributed by atoms with Gasteiger partial charge in [0.15, 0.2) is 0 Å². The maximum absolute atomic E-state index is 13.4. The lowest BCUT2D eigenvalue weighted by atomic mass is 10.1. The van der Waals surface area contributed by atoms with Gasteiger partial charge in [0.1, 0.15) is 49.4 Å². The van der Waals surface area contributed by atoms with Crippen LogP contribution in [0.25, 0.3) is 0 Å². The number of carbonyl (C=O) groups excluding carboxylic acids is 2. The van der Waals surface area contributed by atoms with Crippen molar-refractivity contribution in [2.24, 2.45) is 0 Å². The predicted molar refractivity (Wildman–Crippen MR) is 184 cm³/mol. The third kappa shape index (κ3) is 9.60. The van der Waals surface area contributed by atoms with Crippen molar-refractivity contribution in [3.63, 3.8) is 0 Å². The Labute approximate surface area is 280 Å². The standard InChI is InChI=1S/C38H40N2O8/c1-26-12-14-31-35(22-26)47-24-28(3)25-48-36-23-27(2)13-15-32(36)40-38(42)30-9-5-7-11-34(30)46-21-19-44-17-16-43-18-20-45-33-10-6-4-8-29(33)37(41)39-31/h4-15,22-23H,3,16-21,24-25H2,1-2H3,(H,39,41)(H,40,42). The van der Waals surface area contributed by atoms with E-state index in [2.05, 4.69) is 17.2 Å². The number of hydrogen-bond acceptors (Lipinski definition) is 8. The molecule has 4 aromatic carbocycles. The molecule has 0 radical (unpaired) electrons. The van der Waals surface area contributed by atoms with Crippen molar-refractivity contribution in [3.05, 3.63) is 119 Å². The van der Waals surface area contributed by atoms with Crippen molar-refractivity contribution in [2.75, 3.05) is 63.5 Å². The molecule has 48 heavy (non-hydrogen) atoms. The molecule has 2 amide bonds. The molecule has 0 fully saturated rings. The third-order valence-corrected chi connectivity index (χ3v) is 7.24. The quantitative estimate of drug-likeness (QED) is 0.204. The molecule has 0 aromatic heterocycles. The van der Waals surface area contributed by atoms with Crippen LogP contribution in [0.4, 0.5) is 11.4 Å². The Bertz CT molecular complexity index is 1610. The fourth-order valence-electron chi connectivity index (χ4n) is 4.79. The van der Waals surface area contributed by atoms with Gasteiger partial charge in [0.2, 0.25) is 0 Å². The van der Waals surface area contributed by atoms with Gasteiger partial charge in [-0.1, -0.05) is 43.0 Å². The van der Waals surface area contributed by atoms with Crippen molar-refractivity contribution in [3.8, 4) is 23.0 Å². The van der Waals surface area contributed by atoms with Gasteiger partial charge in [-0.3, -0.25) is 9.59 Å². The van der Waals surface area contributed by atoms with E-state index in [-0.39, 0.29) is 38.2 Å². The molecule has 4 aromatic rings.